The molecule has 0 saturated carbocycles. The Morgan fingerprint density at radius 3 is 2.62 bits per heavy atom. The first-order valence-electron chi connectivity index (χ1n) is 13.2. The van der Waals surface area contributed by atoms with E-state index < -0.39 is 37.4 Å². The minimum absolute atomic E-state index is 0.00301. The van der Waals surface area contributed by atoms with Crippen LogP contribution in [-0.4, -0.2) is 84.9 Å². The molecule has 0 aliphatic carbocycles. The van der Waals surface area contributed by atoms with Crippen LogP contribution in [0.15, 0.2) is 18.3 Å². The maximum Gasteiger partial charge on any atom is 0.470 e. The molecule has 1 fully saturated rings. The van der Waals surface area contributed by atoms with Crippen molar-refractivity contribution in [1.82, 2.24) is 24.9 Å². The molecule has 3 atom stereocenters. The second-order valence-electron chi connectivity index (χ2n) is 9.98. The number of halogens is 1. The number of alkyl carbamates (subject to hydrolysis) is 1. The number of nitrogens with one attached hydrogen (secondary N) is 3. The lowest BCUT2D eigenvalue weighted by Gasteiger charge is -2.45. The highest BCUT2D eigenvalue weighted by Gasteiger charge is 2.53. The molecule has 1 amide bonds. The van der Waals surface area contributed by atoms with Gasteiger partial charge in [-0.15, -0.1) is 5.10 Å². The van der Waals surface area contributed by atoms with Crippen LogP contribution in [0.25, 0.3) is 5.65 Å². The first kappa shape index (κ1) is 33.2. The molecule has 1 unspecified atom stereocenters. The summed E-state index contributed by atoms with van der Waals surface area (Å²) in [5, 5.41) is 42.3. The van der Waals surface area contributed by atoms with Gasteiger partial charge in [0, 0.05) is 31.6 Å². The summed E-state index contributed by atoms with van der Waals surface area (Å²) in [6.07, 6.45) is 0.531. The molecule has 1 saturated heterocycles. The zero-order valence-corrected chi connectivity index (χ0v) is 25.7. The van der Waals surface area contributed by atoms with E-state index in [2.05, 4.69) is 35.8 Å². The number of benzene rings is 1. The Kier molecular flexibility index (Phi) is 9.67. The van der Waals surface area contributed by atoms with Gasteiger partial charge in [0.25, 0.3) is 0 Å². The molecule has 20 heteroatoms. The summed E-state index contributed by atoms with van der Waals surface area (Å²) in [6.45, 7) is 3.25. The molecule has 6 N–H and O–H groups in total. The van der Waals surface area contributed by atoms with E-state index in [0.29, 0.717) is 18.0 Å². The van der Waals surface area contributed by atoms with Gasteiger partial charge < -0.3 is 40.5 Å². The number of imidazole rings is 1. The van der Waals surface area contributed by atoms with Gasteiger partial charge in [-0.05, 0) is 32.4 Å². The largest absolute Gasteiger partial charge is 0.479 e. The molecular weight excluding hydrogens is 635 g/mol. The maximum atomic E-state index is 12.4. The summed E-state index contributed by atoms with van der Waals surface area (Å²) in [6, 6.07) is 5.97. The fraction of sp³-hybridized carbons (Fsp3) is 0.400. The number of fused-ring (bicyclic) bond motifs is 1. The van der Waals surface area contributed by atoms with Gasteiger partial charge >= 0.3 is 19.9 Å². The average Bonchev–Trinajstić information content (AvgIpc) is 3.40. The van der Waals surface area contributed by atoms with E-state index in [1.54, 1.807) is 4.90 Å². The zero-order valence-electron chi connectivity index (χ0n) is 24.1. The number of anilines is 4. The minimum atomic E-state index is -5.33. The van der Waals surface area contributed by atoms with Crippen LogP contribution >= 0.6 is 19.4 Å². The number of carbonyl (C=O) groups is 2. The number of aromatic nitrogens is 4. The van der Waals surface area contributed by atoms with Crippen molar-refractivity contribution in [3.63, 3.8) is 0 Å². The number of carboxylic acids is 1. The number of phosphoric ester groups is 1. The van der Waals surface area contributed by atoms with Crippen molar-refractivity contribution < 1.29 is 38.3 Å². The number of carboxylic acid groups (broad SMARTS) is 1. The first-order chi connectivity index (χ1) is 21.2. The van der Waals surface area contributed by atoms with Gasteiger partial charge in [0.1, 0.15) is 6.07 Å². The Morgan fingerprint density at radius 1 is 1.29 bits per heavy atom. The molecule has 0 spiro atoms. The van der Waals surface area contributed by atoms with Crippen LogP contribution in [0.3, 0.4) is 0 Å². The SMILES string of the molecule is CCNc1nc(Nc2cc(C#N)cc(N3CC[C@@H](NC(=O)OC)[C@H](C(C)(OP(=O)(O)O)C(=O)O)C3)c2Cl)nn2c(C#N)cnc12. The summed E-state index contributed by atoms with van der Waals surface area (Å²) in [4.78, 5) is 53.8. The number of phosphoric acid groups is 1. The number of piperidine rings is 1. The van der Waals surface area contributed by atoms with Gasteiger partial charge in [0.05, 0.1) is 41.3 Å². The van der Waals surface area contributed by atoms with Crippen LogP contribution in [-0.2, 0) is 18.6 Å². The van der Waals surface area contributed by atoms with E-state index in [1.807, 2.05) is 19.1 Å². The van der Waals surface area contributed by atoms with Crippen LogP contribution in [0.4, 0.5) is 27.9 Å². The molecule has 3 aromatic rings. The van der Waals surface area contributed by atoms with Crippen molar-refractivity contribution in [2.45, 2.75) is 31.9 Å². The highest BCUT2D eigenvalue weighted by Crippen LogP contribution is 2.47. The number of hydrogen-bond donors (Lipinski definition) is 6. The molecule has 1 aliphatic rings. The number of methoxy groups -OCH3 is 1. The third kappa shape index (κ3) is 7.01. The Bertz CT molecular complexity index is 1770. The van der Waals surface area contributed by atoms with Crippen LogP contribution < -0.4 is 20.9 Å². The monoisotopic (exact) mass is 662 g/mol. The second-order valence-corrected chi connectivity index (χ2v) is 11.5. The number of ether oxygens (including phenoxy) is 1. The lowest BCUT2D eigenvalue weighted by Crippen LogP contribution is -2.61. The quantitative estimate of drug-likeness (QED) is 0.170. The van der Waals surface area contributed by atoms with Crippen molar-refractivity contribution in [3.8, 4) is 12.1 Å². The van der Waals surface area contributed by atoms with Crippen LogP contribution in [0.2, 0.25) is 5.02 Å². The van der Waals surface area contributed by atoms with Crippen molar-refractivity contribution in [3.05, 3.63) is 34.6 Å². The van der Waals surface area contributed by atoms with Gasteiger partial charge in [0.2, 0.25) is 5.95 Å². The van der Waals surface area contributed by atoms with Crippen molar-refractivity contribution in [2.24, 2.45) is 5.92 Å². The fourth-order valence-electron chi connectivity index (χ4n) is 5.04. The topological polar surface area (TPSA) is 260 Å². The molecule has 3 heterocycles. The molecule has 18 nitrogen and oxygen atoms in total. The number of rotatable bonds is 10. The Labute approximate surface area is 260 Å². The van der Waals surface area contributed by atoms with Crippen molar-refractivity contribution in [1.29, 1.82) is 10.5 Å². The molecular formula is C25H28ClN10O8P. The highest BCUT2D eigenvalue weighted by molar-refractivity contribution is 7.46. The lowest BCUT2D eigenvalue weighted by molar-refractivity contribution is -0.162. The molecule has 238 valence electrons. The maximum absolute atomic E-state index is 12.4. The molecule has 1 aliphatic heterocycles. The molecule has 1 aromatic carbocycles. The van der Waals surface area contributed by atoms with Crippen molar-refractivity contribution >= 4 is 60.3 Å². The zero-order chi connectivity index (χ0) is 33.1. The summed E-state index contributed by atoms with van der Waals surface area (Å²) >= 11 is 6.83. The van der Waals surface area contributed by atoms with Gasteiger partial charge in [-0.2, -0.15) is 20.0 Å². The Morgan fingerprint density at radius 2 is 2.02 bits per heavy atom. The van der Waals surface area contributed by atoms with Crippen LogP contribution in [0.1, 0.15) is 31.5 Å². The summed E-state index contributed by atoms with van der Waals surface area (Å²) in [5.41, 5.74) is -1.45. The summed E-state index contributed by atoms with van der Waals surface area (Å²) in [5.74, 6) is -2.62. The lowest BCUT2D eigenvalue weighted by atomic mass is 9.79. The van der Waals surface area contributed by atoms with E-state index in [-0.39, 0.29) is 53.1 Å². The number of nitrogens with zero attached hydrogens (tertiary/aromatic N) is 7. The molecule has 0 radical (unpaired) electrons. The summed E-state index contributed by atoms with van der Waals surface area (Å²) in [7, 11) is -4.22. The van der Waals surface area contributed by atoms with E-state index in [9.17, 15) is 39.6 Å². The smallest absolute Gasteiger partial charge is 0.470 e. The molecule has 45 heavy (non-hydrogen) atoms. The third-order valence-electron chi connectivity index (χ3n) is 7.13. The second kappa shape index (κ2) is 13.1. The van der Waals surface area contributed by atoms with Crippen LogP contribution in [0, 0.1) is 28.6 Å². The third-order valence-corrected chi connectivity index (χ3v) is 8.15. The first-order valence-corrected chi connectivity index (χ1v) is 15.1. The molecule has 2 aromatic heterocycles. The van der Waals surface area contributed by atoms with Gasteiger partial charge in [-0.1, -0.05) is 11.6 Å². The Hall–Kier alpha value is -4.71. The predicted molar refractivity (Wildman–Crippen MR) is 158 cm³/mol. The number of aliphatic carboxylic acids is 1. The number of nitriles is 2. The minimum Gasteiger partial charge on any atom is -0.479 e. The van der Waals surface area contributed by atoms with E-state index >= 15 is 0 Å². The van der Waals surface area contributed by atoms with E-state index in [0.717, 1.165) is 14.0 Å². The molecule has 4 rings (SSSR count). The standard InChI is InChI=1S/C25H28ClN10O8P/c1-4-29-20-21-30-11-14(10-28)36(21)34-23(33-20)31-17-7-13(9-27)8-18(19(17)26)35-6-5-16(32-24(39)43-3)15(12-35)25(2,22(37)38)44-45(40,41)42/h7-8,11,15-16H,4-6,12H2,1-3H3,(H,32,39)(H,37,38)(H2,40,41,42)(H2,29,31,33,34)/t15-,16-,25?/m1/s1. The van der Waals surface area contributed by atoms with Crippen LogP contribution in [0.5, 0.6) is 0 Å². The Balaban J connectivity index is 1.77. The average molecular weight is 663 g/mol. The number of carbonyl (C=O) groups excluding carboxylic acids is 1. The number of hydrogen-bond acceptors (Lipinski definition) is 13. The highest BCUT2D eigenvalue weighted by atomic mass is 35.5. The van der Waals surface area contributed by atoms with E-state index in [1.165, 1.54) is 22.8 Å². The summed E-state index contributed by atoms with van der Waals surface area (Å²) < 4.78 is 22.6. The predicted octanol–water partition coefficient (Wildman–Crippen LogP) is 2.20. The van der Waals surface area contributed by atoms with Gasteiger partial charge in [-0.3, -0.25) is 4.52 Å². The number of amides is 1. The van der Waals surface area contributed by atoms with Crippen molar-refractivity contribution in [2.75, 3.05) is 42.3 Å². The normalized spacial score (nSPS) is 17.9. The fourth-order valence-corrected chi connectivity index (χ4v) is 6.02. The van der Waals surface area contributed by atoms with Gasteiger partial charge in [-0.25, -0.2) is 19.1 Å². The van der Waals surface area contributed by atoms with Gasteiger partial charge in [0.15, 0.2) is 22.8 Å². The molecule has 0 bridgehead atoms. The van der Waals surface area contributed by atoms with E-state index in [4.69, 9.17) is 16.1 Å².